The van der Waals surface area contributed by atoms with Crippen LogP contribution in [0.15, 0.2) is 24.3 Å². The number of hydrogen-bond acceptors (Lipinski definition) is 3. The van der Waals surface area contributed by atoms with E-state index in [0.29, 0.717) is 18.2 Å². The van der Waals surface area contributed by atoms with E-state index in [9.17, 15) is 5.26 Å². The van der Waals surface area contributed by atoms with E-state index in [1.807, 2.05) is 16.8 Å². The first kappa shape index (κ1) is 13.8. The lowest BCUT2D eigenvalue weighted by atomic mass is 9.86. The lowest BCUT2D eigenvalue weighted by Crippen LogP contribution is -2.14. The van der Waals surface area contributed by atoms with Gasteiger partial charge in [0.25, 0.3) is 0 Å². The maximum Gasteiger partial charge on any atom is 0.186 e. The average Bonchev–Trinajstić information content (AvgIpc) is 2.93. The summed E-state index contributed by atoms with van der Waals surface area (Å²) in [6.45, 7) is 2.81. The first-order chi connectivity index (χ1) is 10.3. The minimum absolute atomic E-state index is 0.437. The molecule has 3 rings (SSSR count). The molecule has 108 valence electrons. The van der Waals surface area contributed by atoms with Gasteiger partial charge in [-0.15, -0.1) is 5.10 Å². The van der Waals surface area contributed by atoms with E-state index in [1.165, 1.54) is 30.4 Å². The van der Waals surface area contributed by atoms with E-state index in [1.54, 1.807) is 0 Å². The molecule has 2 aromatic rings. The summed E-state index contributed by atoms with van der Waals surface area (Å²) in [7, 11) is 0. The molecule has 4 heteroatoms. The Morgan fingerprint density at radius 1 is 1.24 bits per heavy atom. The van der Waals surface area contributed by atoms with Crippen molar-refractivity contribution in [2.45, 2.75) is 51.5 Å². The molecule has 21 heavy (non-hydrogen) atoms. The molecule has 0 aliphatic heterocycles. The van der Waals surface area contributed by atoms with Crippen LogP contribution in [0.5, 0.6) is 0 Å². The van der Waals surface area contributed by atoms with Crippen molar-refractivity contribution >= 4 is 0 Å². The summed E-state index contributed by atoms with van der Waals surface area (Å²) < 4.78 is 1.94. The molecule has 1 aliphatic rings. The summed E-state index contributed by atoms with van der Waals surface area (Å²) in [6.07, 6.45) is 6.08. The largest absolute Gasteiger partial charge is 0.243 e. The minimum atomic E-state index is 0.437. The Hall–Kier alpha value is -2.15. The van der Waals surface area contributed by atoms with Crippen molar-refractivity contribution in [1.82, 2.24) is 15.0 Å². The Labute approximate surface area is 125 Å². The third-order valence-corrected chi connectivity index (χ3v) is 4.45. The highest BCUT2D eigenvalue weighted by Gasteiger charge is 2.24. The lowest BCUT2D eigenvalue weighted by molar-refractivity contribution is 0.418. The summed E-state index contributed by atoms with van der Waals surface area (Å²) in [5, 5.41) is 17.6. The second-order valence-electron chi connectivity index (χ2n) is 5.85. The molecule has 0 radical (unpaired) electrons. The summed E-state index contributed by atoms with van der Waals surface area (Å²) in [6, 6.07) is 10.5. The van der Waals surface area contributed by atoms with Gasteiger partial charge in [-0.3, -0.25) is 0 Å². The molecule has 1 aliphatic carbocycles. The zero-order valence-electron chi connectivity index (χ0n) is 12.4. The van der Waals surface area contributed by atoms with Gasteiger partial charge in [0, 0.05) is 5.92 Å². The smallest absolute Gasteiger partial charge is 0.186 e. The van der Waals surface area contributed by atoms with E-state index in [2.05, 4.69) is 35.4 Å². The molecule has 4 nitrogen and oxygen atoms in total. The fraction of sp³-hybridized carbons (Fsp3) is 0.471. The highest BCUT2D eigenvalue weighted by molar-refractivity contribution is 5.31. The van der Waals surface area contributed by atoms with Gasteiger partial charge in [0.2, 0.25) is 0 Å². The van der Waals surface area contributed by atoms with Crippen LogP contribution < -0.4 is 0 Å². The maximum absolute atomic E-state index is 9.32. The number of benzene rings is 1. The van der Waals surface area contributed by atoms with Gasteiger partial charge in [-0.1, -0.05) is 48.7 Å². The minimum Gasteiger partial charge on any atom is -0.243 e. The number of hydrogen-bond donors (Lipinski definition) is 0. The molecule has 0 atom stereocenters. The number of aryl methyl sites for hydroxylation is 1. The fourth-order valence-electron chi connectivity index (χ4n) is 3.25. The molecule has 1 aromatic carbocycles. The molecular formula is C17H20N4. The van der Waals surface area contributed by atoms with Crippen LogP contribution in [0.1, 0.15) is 60.5 Å². The van der Waals surface area contributed by atoms with Crippen molar-refractivity contribution in [2.75, 3.05) is 0 Å². The predicted molar refractivity (Wildman–Crippen MR) is 80.8 cm³/mol. The number of aromatic nitrogens is 3. The highest BCUT2D eigenvalue weighted by atomic mass is 15.4. The summed E-state index contributed by atoms with van der Waals surface area (Å²) in [5.74, 6) is 0.437. The summed E-state index contributed by atoms with van der Waals surface area (Å²) >= 11 is 0. The van der Waals surface area contributed by atoms with Crippen molar-refractivity contribution in [1.29, 1.82) is 5.26 Å². The molecule has 0 unspecified atom stereocenters. The van der Waals surface area contributed by atoms with Gasteiger partial charge in [0.05, 0.1) is 12.2 Å². The Balaban J connectivity index is 1.94. The molecule has 1 heterocycles. The third-order valence-electron chi connectivity index (χ3n) is 4.45. The quantitative estimate of drug-likeness (QED) is 0.864. The van der Waals surface area contributed by atoms with Crippen LogP contribution in [-0.2, 0) is 6.54 Å². The predicted octanol–water partition coefficient (Wildman–Crippen LogP) is 3.55. The third kappa shape index (κ3) is 2.82. The van der Waals surface area contributed by atoms with Gasteiger partial charge < -0.3 is 0 Å². The summed E-state index contributed by atoms with van der Waals surface area (Å²) in [4.78, 5) is 0. The van der Waals surface area contributed by atoms with Crippen LogP contribution in [0.2, 0.25) is 0 Å². The molecule has 0 saturated heterocycles. The van der Waals surface area contributed by atoms with E-state index >= 15 is 0 Å². The van der Waals surface area contributed by atoms with Crippen molar-refractivity contribution in [3.63, 3.8) is 0 Å². The SMILES string of the molecule is Cc1ccccc1Cn1nnc(C#N)c1C1CCCCC1. The monoisotopic (exact) mass is 280 g/mol. The maximum atomic E-state index is 9.32. The van der Waals surface area contributed by atoms with Gasteiger partial charge in [0.15, 0.2) is 5.69 Å². The number of nitriles is 1. The normalized spacial score (nSPS) is 15.8. The second kappa shape index (κ2) is 6.09. The molecule has 0 spiro atoms. The Morgan fingerprint density at radius 3 is 2.71 bits per heavy atom. The van der Waals surface area contributed by atoms with E-state index in [0.717, 1.165) is 18.5 Å². The van der Waals surface area contributed by atoms with Gasteiger partial charge in [-0.25, -0.2) is 4.68 Å². The molecule has 1 fully saturated rings. The van der Waals surface area contributed by atoms with Crippen LogP contribution in [0, 0.1) is 18.3 Å². The Morgan fingerprint density at radius 2 is 2.00 bits per heavy atom. The van der Waals surface area contributed by atoms with Gasteiger partial charge >= 0.3 is 0 Å². The van der Waals surface area contributed by atoms with Crippen molar-refractivity contribution < 1.29 is 0 Å². The van der Waals surface area contributed by atoms with E-state index in [-0.39, 0.29) is 0 Å². The Bertz CT molecular complexity index is 660. The molecule has 1 aromatic heterocycles. The lowest BCUT2D eigenvalue weighted by Gasteiger charge is -2.22. The molecule has 0 N–H and O–H groups in total. The molecular weight excluding hydrogens is 260 g/mol. The van der Waals surface area contributed by atoms with Crippen LogP contribution in [0.25, 0.3) is 0 Å². The first-order valence-electron chi connectivity index (χ1n) is 7.67. The molecule has 0 bridgehead atoms. The van der Waals surface area contributed by atoms with E-state index < -0.39 is 0 Å². The fourth-order valence-corrected chi connectivity index (χ4v) is 3.25. The van der Waals surface area contributed by atoms with Crippen LogP contribution in [0.4, 0.5) is 0 Å². The van der Waals surface area contributed by atoms with Crippen molar-refractivity contribution in [2.24, 2.45) is 0 Å². The topological polar surface area (TPSA) is 54.5 Å². The number of rotatable bonds is 3. The van der Waals surface area contributed by atoms with Gasteiger partial charge in [-0.05, 0) is 30.9 Å². The Kier molecular flexibility index (Phi) is 4.01. The van der Waals surface area contributed by atoms with Gasteiger partial charge in [0.1, 0.15) is 6.07 Å². The van der Waals surface area contributed by atoms with Crippen LogP contribution in [0.3, 0.4) is 0 Å². The molecule has 0 amide bonds. The highest BCUT2D eigenvalue weighted by Crippen LogP contribution is 2.33. The van der Waals surface area contributed by atoms with Crippen LogP contribution in [-0.4, -0.2) is 15.0 Å². The zero-order valence-corrected chi connectivity index (χ0v) is 12.4. The zero-order chi connectivity index (χ0) is 14.7. The van der Waals surface area contributed by atoms with Gasteiger partial charge in [-0.2, -0.15) is 5.26 Å². The van der Waals surface area contributed by atoms with Crippen molar-refractivity contribution in [3.05, 3.63) is 46.8 Å². The van der Waals surface area contributed by atoms with E-state index in [4.69, 9.17) is 0 Å². The van der Waals surface area contributed by atoms with Crippen LogP contribution >= 0.6 is 0 Å². The molecule has 1 saturated carbocycles. The average molecular weight is 280 g/mol. The number of nitrogens with zero attached hydrogens (tertiary/aromatic N) is 4. The van der Waals surface area contributed by atoms with Crippen molar-refractivity contribution in [3.8, 4) is 6.07 Å². The summed E-state index contributed by atoms with van der Waals surface area (Å²) in [5.41, 5.74) is 4.04. The standard InChI is InChI=1S/C17H20N4/c1-13-7-5-6-10-15(13)12-21-17(16(11-18)19-20-21)14-8-3-2-4-9-14/h5-7,10,14H,2-4,8-9,12H2,1H3. The second-order valence-corrected chi connectivity index (χ2v) is 5.85. The first-order valence-corrected chi connectivity index (χ1v) is 7.67.